The fraction of sp³-hybridized carbons (Fsp3) is 0.231. The molecule has 20 heavy (non-hydrogen) atoms. The van der Waals surface area contributed by atoms with E-state index in [9.17, 15) is 8.42 Å². The van der Waals surface area contributed by atoms with Gasteiger partial charge >= 0.3 is 0 Å². The van der Waals surface area contributed by atoms with Crippen LogP contribution in [0.5, 0.6) is 5.75 Å². The van der Waals surface area contributed by atoms with E-state index in [4.69, 9.17) is 14.3 Å². The summed E-state index contributed by atoms with van der Waals surface area (Å²) in [5.74, 6) is 0.799. The van der Waals surface area contributed by atoms with Gasteiger partial charge in [0.2, 0.25) is 5.09 Å². The highest BCUT2D eigenvalue weighted by molar-refractivity contribution is 7.89. The highest BCUT2D eigenvalue weighted by atomic mass is 32.2. The standard InChI is InChI=1S/C13H15NO5S/c1-18-12-5-3-2-4-10(12)8-14-20(16,17)13-7-6-11(9-15)19-13/h2-7,14-15H,8-9H2,1H3. The molecule has 2 aromatic rings. The first kappa shape index (κ1) is 14.6. The molecule has 0 radical (unpaired) electrons. The summed E-state index contributed by atoms with van der Waals surface area (Å²) in [7, 11) is -2.23. The van der Waals surface area contributed by atoms with Crippen molar-refractivity contribution in [2.75, 3.05) is 7.11 Å². The molecule has 0 atom stereocenters. The van der Waals surface area contributed by atoms with E-state index in [0.717, 1.165) is 0 Å². The van der Waals surface area contributed by atoms with Crippen LogP contribution in [0.2, 0.25) is 0 Å². The van der Waals surface area contributed by atoms with Gasteiger partial charge in [0.05, 0.1) is 7.11 Å². The number of aliphatic hydroxyl groups excluding tert-OH is 1. The van der Waals surface area contributed by atoms with Crippen molar-refractivity contribution in [2.24, 2.45) is 0 Å². The van der Waals surface area contributed by atoms with Crippen LogP contribution < -0.4 is 9.46 Å². The molecule has 1 heterocycles. The molecule has 0 aliphatic carbocycles. The van der Waals surface area contributed by atoms with Gasteiger partial charge in [-0.15, -0.1) is 0 Å². The molecule has 0 aliphatic heterocycles. The van der Waals surface area contributed by atoms with Crippen molar-refractivity contribution in [2.45, 2.75) is 18.2 Å². The Balaban J connectivity index is 2.13. The molecule has 0 fully saturated rings. The number of nitrogens with one attached hydrogen (secondary N) is 1. The molecule has 0 saturated carbocycles. The highest BCUT2D eigenvalue weighted by Crippen LogP contribution is 2.19. The van der Waals surface area contributed by atoms with Crippen molar-refractivity contribution >= 4 is 10.0 Å². The van der Waals surface area contributed by atoms with Gasteiger partial charge in [0, 0.05) is 12.1 Å². The smallest absolute Gasteiger partial charge is 0.274 e. The zero-order chi connectivity index (χ0) is 14.6. The van der Waals surface area contributed by atoms with Crippen LogP contribution in [0.3, 0.4) is 0 Å². The van der Waals surface area contributed by atoms with Crippen molar-refractivity contribution in [3.8, 4) is 5.75 Å². The van der Waals surface area contributed by atoms with Gasteiger partial charge in [0.15, 0.2) is 0 Å². The molecule has 6 nitrogen and oxygen atoms in total. The zero-order valence-corrected chi connectivity index (χ0v) is 11.7. The molecule has 0 spiro atoms. The molecule has 1 aromatic heterocycles. The first-order chi connectivity index (χ1) is 9.56. The van der Waals surface area contributed by atoms with E-state index in [1.807, 2.05) is 0 Å². The Labute approximate surface area is 117 Å². The number of benzene rings is 1. The summed E-state index contributed by atoms with van der Waals surface area (Å²) in [5.41, 5.74) is 0.715. The molecule has 0 bridgehead atoms. The van der Waals surface area contributed by atoms with Crippen LogP contribution in [-0.4, -0.2) is 20.6 Å². The summed E-state index contributed by atoms with van der Waals surface area (Å²) >= 11 is 0. The fourth-order valence-electron chi connectivity index (χ4n) is 1.68. The number of furan rings is 1. The van der Waals surface area contributed by atoms with Crippen molar-refractivity contribution in [1.29, 1.82) is 0 Å². The van der Waals surface area contributed by atoms with E-state index in [-0.39, 0.29) is 24.0 Å². The molecule has 108 valence electrons. The van der Waals surface area contributed by atoms with Gasteiger partial charge in [0.25, 0.3) is 10.0 Å². The first-order valence-corrected chi connectivity index (χ1v) is 7.36. The molecule has 0 aliphatic rings. The zero-order valence-electron chi connectivity index (χ0n) is 10.9. The predicted molar refractivity (Wildman–Crippen MR) is 71.7 cm³/mol. The second-order valence-corrected chi connectivity index (χ2v) is 5.71. The Kier molecular flexibility index (Phi) is 4.43. The third-order valence-corrected chi connectivity index (χ3v) is 3.98. The Hall–Kier alpha value is -1.83. The number of methoxy groups -OCH3 is 1. The largest absolute Gasteiger partial charge is 0.496 e. The Bertz CT molecular complexity index is 678. The van der Waals surface area contributed by atoms with Crippen LogP contribution >= 0.6 is 0 Å². The molecular weight excluding hydrogens is 282 g/mol. The minimum Gasteiger partial charge on any atom is -0.496 e. The van der Waals surface area contributed by atoms with Gasteiger partial charge in [0.1, 0.15) is 18.1 Å². The van der Waals surface area contributed by atoms with E-state index in [0.29, 0.717) is 11.3 Å². The molecule has 7 heteroatoms. The van der Waals surface area contributed by atoms with Gasteiger partial charge in [-0.2, -0.15) is 0 Å². The Morgan fingerprint density at radius 1 is 1.25 bits per heavy atom. The minimum absolute atomic E-state index is 0.0848. The number of para-hydroxylation sites is 1. The van der Waals surface area contributed by atoms with Crippen LogP contribution in [0.4, 0.5) is 0 Å². The monoisotopic (exact) mass is 297 g/mol. The fourth-order valence-corrected chi connectivity index (χ4v) is 2.63. The number of hydrogen-bond donors (Lipinski definition) is 2. The summed E-state index contributed by atoms with van der Waals surface area (Å²) in [4.78, 5) is 0. The van der Waals surface area contributed by atoms with Crippen molar-refractivity contribution in [1.82, 2.24) is 4.72 Å². The minimum atomic E-state index is -3.76. The number of ether oxygens (including phenoxy) is 1. The molecule has 2 N–H and O–H groups in total. The lowest BCUT2D eigenvalue weighted by Gasteiger charge is -2.08. The highest BCUT2D eigenvalue weighted by Gasteiger charge is 2.18. The molecular formula is C13H15NO5S. The van der Waals surface area contributed by atoms with Crippen LogP contribution in [0, 0.1) is 0 Å². The van der Waals surface area contributed by atoms with E-state index < -0.39 is 10.0 Å². The van der Waals surface area contributed by atoms with Crippen molar-refractivity contribution < 1.29 is 22.7 Å². The SMILES string of the molecule is COc1ccccc1CNS(=O)(=O)c1ccc(CO)o1. The van der Waals surface area contributed by atoms with Gasteiger partial charge in [-0.25, -0.2) is 13.1 Å². The summed E-state index contributed by atoms with van der Waals surface area (Å²) in [6.45, 7) is -0.260. The molecule has 0 unspecified atom stereocenters. The number of rotatable bonds is 6. The number of sulfonamides is 1. The lowest BCUT2D eigenvalue weighted by atomic mass is 10.2. The van der Waals surface area contributed by atoms with Gasteiger partial charge in [-0.3, -0.25) is 0 Å². The predicted octanol–water partition coefficient (Wildman–Crippen LogP) is 1.26. The third kappa shape index (κ3) is 3.19. The lowest BCUT2D eigenvalue weighted by Crippen LogP contribution is -2.23. The maximum atomic E-state index is 12.0. The van der Waals surface area contributed by atoms with E-state index >= 15 is 0 Å². The van der Waals surface area contributed by atoms with E-state index in [1.54, 1.807) is 24.3 Å². The molecule has 0 saturated heterocycles. The summed E-state index contributed by atoms with van der Waals surface area (Å²) < 4.78 is 36.6. The first-order valence-electron chi connectivity index (χ1n) is 5.88. The van der Waals surface area contributed by atoms with Crippen LogP contribution in [-0.2, 0) is 23.2 Å². The second-order valence-electron chi connectivity index (χ2n) is 4.02. The average Bonchev–Trinajstić information content (AvgIpc) is 2.95. The van der Waals surface area contributed by atoms with E-state index in [2.05, 4.69) is 4.72 Å². The Morgan fingerprint density at radius 2 is 2.00 bits per heavy atom. The molecule has 0 amide bonds. The van der Waals surface area contributed by atoms with Crippen LogP contribution in [0.25, 0.3) is 0 Å². The lowest BCUT2D eigenvalue weighted by molar-refractivity contribution is 0.236. The van der Waals surface area contributed by atoms with E-state index in [1.165, 1.54) is 19.2 Å². The van der Waals surface area contributed by atoms with Gasteiger partial charge in [-0.05, 0) is 18.2 Å². The van der Waals surface area contributed by atoms with Crippen LogP contribution in [0.1, 0.15) is 11.3 Å². The summed E-state index contributed by atoms with van der Waals surface area (Å²) in [5, 5.41) is 8.64. The van der Waals surface area contributed by atoms with Crippen molar-refractivity contribution in [3.63, 3.8) is 0 Å². The maximum Gasteiger partial charge on any atom is 0.274 e. The normalized spacial score (nSPS) is 11.5. The van der Waals surface area contributed by atoms with Crippen LogP contribution in [0.15, 0.2) is 45.9 Å². The second kappa shape index (κ2) is 6.08. The maximum absolute atomic E-state index is 12.0. The number of hydrogen-bond acceptors (Lipinski definition) is 5. The third-order valence-electron chi connectivity index (χ3n) is 2.70. The quantitative estimate of drug-likeness (QED) is 0.838. The van der Waals surface area contributed by atoms with Gasteiger partial charge < -0.3 is 14.3 Å². The number of aliphatic hydroxyl groups is 1. The van der Waals surface area contributed by atoms with Crippen molar-refractivity contribution in [3.05, 3.63) is 47.7 Å². The Morgan fingerprint density at radius 3 is 2.65 bits per heavy atom. The average molecular weight is 297 g/mol. The van der Waals surface area contributed by atoms with Gasteiger partial charge in [-0.1, -0.05) is 18.2 Å². The molecule has 1 aromatic carbocycles. The summed E-state index contributed by atoms with van der Waals surface area (Å²) in [6, 6.07) is 9.83. The molecule has 2 rings (SSSR count). The topological polar surface area (TPSA) is 88.8 Å². The summed E-state index contributed by atoms with van der Waals surface area (Å²) in [6.07, 6.45) is 0.